The smallest absolute Gasteiger partial charge is 0.341 e. The number of aromatic amines is 1. The van der Waals surface area contributed by atoms with E-state index in [0.29, 0.717) is 10.6 Å². The first-order chi connectivity index (χ1) is 6.49. The molecule has 0 aliphatic rings. The van der Waals surface area contributed by atoms with Gasteiger partial charge in [-0.05, 0) is 12.8 Å². The fraction of sp³-hybridized carbons (Fsp3) is 0.500. The molecule has 1 aromatic rings. The molecule has 0 spiro atoms. The second-order valence-corrected chi connectivity index (χ2v) is 3.88. The molecule has 0 unspecified atom stereocenters. The van der Waals surface area contributed by atoms with Gasteiger partial charge in [-0.2, -0.15) is 0 Å². The molecule has 1 N–H and O–H groups in total. The zero-order valence-electron chi connectivity index (χ0n) is 8.77. The van der Waals surface area contributed by atoms with Crippen molar-refractivity contribution >= 4 is 17.6 Å². The maximum atomic E-state index is 11.4. The maximum Gasteiger partial charge on any atom is 0.341 e. The molecule has 3 nitrogen and oxygen atoms in total. The highest BCUT2D eigenvalue weighted by Crippen LogP contribution is 2.29. The first-order valence-electron chi connectivity index (χ1n) is 4.45. The van der Waals surface area contributed by atoms with Crippen LogP contribution in [0.25, 0.3) is 0 Å². The van der Waals surface area contributed by atoms with E-state index in [9.17, 15) is 4.79 Å². The van der Waals surface area contributed by atoms with Crippen molar-refractivity contribution < 1.29 is 9.53 Å². The van der Waals surface area contributed by atoms with E-state index >= 15 is 0 Å². The Bertz CT molecular complexity index is 355. The van der Waals surface area contributed by atoms with E-state index in [-0.39, 0.29) is 5.92 Å². The van der Waals surface area contributed by atoms with E-state index in [0.717, 1.165) is 11.4 Å². The van der Waals surface area contributed by atoms with E-state index in [4.69, 9.17) is 11.6 Å². The van der Waals surface area contributed by atoms with Crippen LogP contribution < -0.4 is 0 Å². The van der Waals surface area contributed by atoms with E-state index in [1.807, 2.05) is 20.8 Å². The second kappa shape index (κ2) is 4.05. The van der Waals surface area contributed by atoms with Crippen LogP contribution in [0.3, 0.4) is 0 Å². The molecule has 14 heavy (non-hydrogen) atoms. The van der Waals surface area contributed by atoms with Crippen molar-refractivity contribution in [3.63, 3.8) is 0 Å². The van der Waals surface area contributed by atoms with Gasteiger partial charge in [-0.15, -0.1) is 0 Å². The van der Waals surface area contributed by atoms with E-state index < -0.39 is 5.97 Å². The molecule has 0 saturated carbocycles. The Morgan fingerprint density at radius 1 is 1.50 bits per heavy atom. The SMILES string of the molecule is COC(=O)c1c(C)[nH]c(C(C)C)c1Cl. The summed E-state index contributed by atoms with van der Waals surface area (Å²) in [7, 11) is 1.35. The monoisotopic (exact) mass is 215 g/mol. The van der Waals surface area contributed by atoms with Crippen LogP contribution >= 0.6 is 11.6 Å². The molecule has 0 aromatic carbocycles. The minimum absolute atomic E-state index is 0.264. The van der Waals surface area contributed by atoms with Gasteiger partial charge in [-0.3, -0.25) is 0 Å². The van der Waals surface area contributed by atoms with Crippen molar-refractivity contribution in [1.29, 1.82) is 0 Å². The molecule has 4 heteroatoms. The van der Waals surface area contributed by atoms with Crippen molar-refractivity contribution in [2.45, 2.75) is 26.7 Å². The van der Waals surface area contributed by atoms with Gasteiger partial charge in [0.15, 0.2) is 0 Å². The number of halogens is 1. The second-order valence-electron chi connectivity index (χ2n) is 3.50. The summed E-state index contributed by atoms with van der Waals surface area (Å²) >= 11 is 6.07. The molecule has 0 atom stereocenters. The molecule has 0 aliphatic carbocycles. The predicted molar refractivity (Wildman–Crippen MR) is 56.0 cm³/mol. The standard InChI is InChI=1S/C10H14ClNO2/c1-5(2)9-8(11)7(6(3)12-9)10(13)14-4/h5,12H,1-4H3. The highest BCUT2D eigenvalue weighted by Gasteiger charge is 2.21. The summed E-state index contributed by atoms with van der Waals surface area (Å²) in [6.07, 6.45) is 0. The van der Waals surface area contributed by atoms with Crippen molar-refractivity contribution in [3.8, 4) is 0 Å². The minimum Gasteiger partial charge on any atom is -0.465 e. The van der Waals surface area contributed by atoms with Crippen molar-refractivity contribution in [3.05, 3.63) is 22.0 Å². The molecule has 1 heterocycles. The molecule has 78 valence electrons. The third-order valence-electron chi connectivity index (χ3n) is 2.12. The topological polar surface area (TPSA) is 42.1 Å². The van der Waals surface area contributed by atoms with Crippen molar-refractivity contribution in [2.24, 2.45) is 0 Å². The molecule has 0 bridgehead atoms. The fourth-order valence-electron chi connectivity index (χ4n) is 1.36. The normalized spacial score (nSPS) is 10.7. The largest absolute Gasteiger partial charge is 0.465 e. The molecule has 0 aliphatic heterocycles. The van der Waals surface area contributed by atoms with Crippen LogP contribution in [-0.2, 0) is 4.74 Å². The minimum atomic E-state index is -0.393. The Labute approximate surface area is 88.4 Å². The summed E-state index contributed by atoms with van der Waals surface area (Å²) in [6, 6.07) is 0. The zero-order valence-corrected chi connectivity index (χ0v) is 9.53. The van der Waals surface area contributed by atoms with Crippen molar-refractivity contribution in [2.75, 3.05) is 7.11 Å². The number of H-pyrrole nitrogens is 1. The van der Waals surface area contributed by atoms with Crippen LogP contribution in [0, 0.1) is 6.92 Å². The Morgan fingerprint density at radius 2 is 2.07 bits per heavy atom. The van der Waals surface area contributed by atoms with Crippen LogP contribution in [-0.4, -0.2) is 18.1 Å². The average molecular weight is 216 g/mol. The number of ether oxygens (including phenoxy) is 1. The molecule has 0 saturated heterocycles. The Balaban J connectivity index is 3.24. The van der Waals surface area contributed by atoms with Gasteiger partial charge in [-0.1, -0.05) is 25.4 Å². The summed E-state index contributed by atoms with van der Waals surface area (Å²) < 4.78 is 4.65. The first-order valence-corrected chi connectivity index (χ1v) is 4.83. The molecule has 0 fully saturated rings. The molecular formula is C10H14ClNO2. The van der Waals surface area contributed by atoms with E-state index in [1.54, 1.807) is 0 Å². The zero-order chi connectivity index (χ0) is 10.9. The van der Waals surface area contributed by atoms with Gasteiger partial charge in [0.2, 0.25) is 0 Å². The lowest BCUT2D eigenvalue weighted by Gasteiger charge is -2.02. The lowest BCUT2D eigenvalue weighted by atomic mass is 10.1. The van der Waals surface area contributed by atoms with Crippen LogP contribution in [0.15, 0.2) is 0 Å². The van der Waals surface area contributed by atoms with E-state index in [2.05, 4.69) is 9.72 Å². The Hall–Kier alpha value is -0.960. The van der Waals surface area contributed by atoms with Crippen molar-refractivity contribution in [1.82, 2.24) is 4.98 Å². The molecule has 1 aromatic heterocycles. The maximum absolute atomic E-state index is 11.4. The summed E-state index contributed by atoms with van der Waals surface area (Å²) in [6.45, 7) is 5.83. The van der Waals surface area contributed by atoms with Gasteiger partial charge in [0.1, 0.15) is 0 Å². The number of nitrogens with one attached hydrogen (secondary N) is 1. The Morgan fingerprint density at radius 3 is 2.43 bits per heavy atom. The number of methoxy groups -OCH3 is 1. The summed E-state index contributed by atoms with van der Waals surface area (Å²) in [5.74, 6) is -0.129. The lowest BCUT2D eigenvalue weighted by molar-refractivity contribution is 0.0600. The van der Waals surface area contributed by atoms with Crippen LogP contribution in [0.4, 0.5) is 0 Å². The molecule has 1 rings (SSSR count). The lowest BCUT2D eigenvalue weighted by Crippen LogP contribution is -2.02. The molecular weight excluding hydrogens is 202 g/mol. The number of rotatable bonds is 2. The van der Waals surface area contributed by atoms with Gasteiger partial charge >= 0.3 is 5.97 Å². The molecule has 0 amide bonds. The number of hydrogen-bond acceptors (Lipinski definition) is 2. The number of aryl methyl sites for hydroxylation is 1. The van der Waals surface area contributed by atoms with Gasteiger partial charge in [0.25, 0.3) is 0 Å². The summed E-state index contributed by atoms with van der Waals surface area (Å²) in [4.78, 5) is 14.5. The quantitative estimate of drug-likeness (QED) is 0.771. The highest BCUT2D eigenvalue weighted by atomic mass is 35.5. The van der Waals surface area contributed by atoms with Gasteiger partial charge < -0.3 is 9.72 Å². The number of carbonyl (C=O) groups is 1. The number of aromatic nitrogens is 1. The van der Waals surface area contributed by atoms with Crippen LogP contribution in [0.5, 0.6) is 0 Å². The number of esters is 1. The van der Waals surface area contributed by atoms with Crippen LogP contribution in [0.2, 0.25) is 5.02 Å². The summed E-state index contributed by atoms with van der Waals surface area (Å²) in [5, 5.41) is 0.476. The fourth-order valence-corrected chi connectivity index (χ4v) is 1.85. The highest BCUT2D eigenvalue weighted by molar-refractivity contribution is 6.34. The third-order valence-corrected chi connectivity index (χ3v) is 2.51. The van der Waals surface area contributed by atoms with E-state index in [1.165, 1.54) is 7.11 Å². The van der Waals surface area contributed by atoms with Gasteiger partial charge in [0, 0.05) is 11.4 Å². The Kier molecular flexibility index (Phi) is 3.21. The first kappa shape index (κ1) is 11.1. The molecule has 0 radical (unpaired) electrons. The number of carbonyl (C=O) groups excluding carboxylic acids is 1. The average Bonchev–Trinajstić information content (AvgIpc) is 2.41. The predicted octanol–water partition coefficient (Wildman–Crippen LogP) is 2.89. The summed E-state index contributed by atoms with van der Waals surface area (Å²) in [5.41, 5.74) is 2.08. The van der Waals surface area contributed by atoms with Crippen LogP contribution in [0.1, 0.15) is 41.5 Å². The third kappa shape index (κ3) is 1.77. The van der Waals surface area contributed by atoms with Gasteiger partial charge in [0.05, 0.1) is 17.7 Å². The van der Waals surface area contributed by atoms with Gasteiger partial charge in [-0.25, -0.2) is 4.79 Å². The number of hydrogen-bond donors (Lipinski definition) is 1.